The highest BCUT2D eigenvalue weighted by atomic mass is 32.2. The fraction of sp³-hybridized carbons (Fsp3) is 0.833. The third-order valence-electron chi connectivity index (χ3n) is 1.47. The molecule has 1 aliphatic rings. The summed E-state index contributed by atoms with van der Waals surface area (Å²) in [6.07, 6.45) is 2.31. The highest BCUT2D eigenvalue weighted by molar-refractivity contribution is 8.14. The van der Waals surface area contributed by atoms with Gasteiger partial charge in [0.2, 0.25) is 0 Å². The lowest BCUT2D eigenvalue weighted by molar-refractivity contribution is 0.408. The summed E-state index contributed by atoms with van der Waals surface area (Å²) < 4.78 is 0. The van der Waals surface area contributed by atoms with E-state index < -0.39 is 0 Å². The Morgan fingerprint density at radius 3 is 2.75 bits per heavy atom. The Morgan fingerprint density at radius 2 is 2.38 bits per heavy atom. The van der Waals surface area contributed by atoms with E-state index in [1.165, 1.54) is 18.8 Å². The van der Waals surface area contributed by atoms with Gasteiger partial charge in [-0.15, -0.1) is 0 Å². The molecule has 1 unspecified atom stereocenters. The van der Waals surface area contributed by atoms with Crippen LogP contribution in [0.5, 0.6) is 0 Å². The fourth-order valence-electron chi connectivity index (χ4n) is 0.729. The highest BCUT2D eigenvalue weighted by Crippen LogP contribution is 2.08. The summed E-state index contributed by atoms with van der Waals surface area (Å²) in [6.45, 7) is 2.48. The zero-order valence-electron chi connectivity index (χ0n) is 5.55. The van der Waals surface area contributed by atoms with Crippen LogP contribution in [0, 0.1) is 0 Å². The second-order valence-corrected chi connectivity index (χ2v) is 4.45. The minimum absolute atomic E-state index is 0.622. The molecule has 0 bridgehead atoms. The van der Waals surface area contributed by atoms with Crippen LogP contribution in [-0.2, 0) is 0 Å². The van der Waals surface area contributed by atoms with Crippen LogP contribution in [-0.4, -0.2) is 42.4 Å². The maximum absolute atomic E-state index is 2.41. The maximum atomic E-state index is 2.41. The second kappa shape index (κ2) is 2.65. The van der Waals surface area contributed by atoms with Crippen LogP contribution in [0.1, 0.15) is 0 Å². The Labute approximate surface area is 53.6 Å². The third kappa shape index (κ3) is 1.60. The van der Waals surface area contributed by atoms with E-state index >= 15 is 0 Å². The zero-order chi connectivity index (χ0) is 5.98. The lowest BCUT2D eigenvalue weighted by atomic mass is 10.6. The molecule has 1 atom stereocenters. The summed E-state index contributed by atoms with van der Waals surface area (Å²) >= 11 is 0. The minimum atomic E-state index is 0.622. The largest absolute Gasteiger partial charge is 0.301 e. The van der Waals surface area contributed by atoms with Crippen LogP contribution in [0.25, 0.3) is 0 Å². The topological polar surface area (TPSA) is 3.24 Å². The molecule has 8 heavy (non-hydrogen) atoms. The van der Waals surface area contributed by atoms with Crippen molar-refractivity contribution in [3.05, 3.63) is 0 Å². The summed E-state index contributed by atoms with van der Waals surface area (Å²) in [5, 5.41) is 2.41. The van der Waals surface area contributed by atoms with E-state index in [1.807, 2.05) is 0 Å². The molecule has 1 rings (SSSR count). The number of rotatable bonds is 0. The summed E-state index contributed by atoms with van der Waals surface area (Å²) in [7, 11) is 2.80. The van der Waals surface area contributed by atoms with Crippen molar-refractivity contribution in [3.63, 3.8) is 0 Å². The first-order chi connectivity index (χ1) is 3.79. The summed E-state index contributed by atoms with van der Waals surface area (Å²) in [4.78, 5) is 2.35. The first-order valence-corrected chi connectivity index (χ1v) is 4.79. The van der Waals surface area contributed by atoms with Gasteiger partial charge in [-0.3, -0.25) is 0 Å². The molecule has 0 aromatic rings. The van der Waals surface area contributed by atoms with Crippen molar-refractivity contribution in [2.75, 3.05) is 32.1 Å². The Balaban J connectivity index is 2.42. The van der Waals surface area contributed by atoms with E-state index in [4.69, 9.17) is 0 Å². The average Bonchev–Trinajstić information content (AvgIpc) is 1.77. The van der Waals surface area contributed by atoms with E-state index in [2.05, 4.69) is 23.6 Å². The van der Waals surface area contributed by atoms with Gasteiger partial charge in [-0.2, -0.15) is 10.5 Å². The molecule has 0 fully saturated rings. The zero-order valence-corrected chi connectivity index (χ0v) is 6.37. The standard InChI is InChI=1S/C6H13NS/c1-7-3-5-8(2)6-4-7/h5H,3-4,6H2,1-2H3. The maximum Gasteiger partial charge on any atom is 0.0214 e. The van der Waals surface area contributed by atoms with E-state index in [1.54, 1.807) is 0 Å². The molecular weight excluding hydrogens is 118 g/mol. The average molecular weight is 131 g/mol. The fourth-order valence-corrected chi connectivity index (χ4v) is 2.00. The molecule has 0 N–H and O–H groups in total. The molecular formula is C6H13NS. The van der Waals surface area contributed by atoms with Gasteiger partial charge in [-0.1, -0.05) is 0 Å². The number of hydrogen-bond acceptors (Lipinski definition) is 1. The Bertz CT molecular complexity index is 109. The molecule has 48 valence electrons. The Kier molecular flexibility index (Phi) is 2.08. The van der Waals surface area contributed by atoms with Crippen LogP contribution in [0.3, 0.4) is 0 Å². The SMILES string of the molecule is CN1CC=S(C)CC1. The van der Waals surface area contributed by atoms with Gasteiger partial charge in [0.1, 0.15) is 0 Å². The molecule has 2 heteroatoms. The molecule has 0 saturated carbocycles. The molecule has 0 aliphatic carbocycles. The molecule has 0 spiro atoms. The monoisotopic (exact) mass is 131 g/mol. The smallest absolute Gasteiger partial charge is 0.0214 e. The van der Waals surface area contributed by atoms with Gasteiger partial charge in [0.05, 0.1) is 0 Å². The van der Waals surface area contributed by atoms with Crippen LogP contribution in [0.15, 0.2) is 0 Å². The second-order valence-electron chi connectivity index (χ2n) is 2.32. The molecule has 0 saturated heterocycles. The van der Waals surface area contributed by atoms with E-state index in [9.17, 15) is 0 Å². The van der Waals surface area contributed by atoms with Crippen molar-refractivity contribution < 1.29 is 0 Å². The minimum Gasteiger partial charge on any atom is -0.301 e. The lowest BCUT2D eigenvalue weighted by Crippen LogP contribution is -2.27. The van der Waals surface area contributed by atoms with E-state index in [-0.39, 0.29) is 0 Å². The van der Waals surface area contributed by atoms with Gasteiger partial charge in [0.25, 0.3) is 0 Å². The van der Waals surface area contributed by atoms with Gasteiger partial charge in [0.15, 0.2) is 0 Å². The summed E-state index contributed by atoms with van der Waals surface area (Å²) in [6, 6.07) is 0. The molecule has 1 aliphatic heterocycles. The summed E-state index contributed by atoms with van der Waals surface area (Å²) in [5.74, 6) is 1.37. The molecule has 1 heterocycles. The van der Waals surface area contributed by atoms with Crippen LogP contribution in [0.4, 0.5) is 0 Å². The third-order valence-corrected chi connectivity index (χ3v) is 3.01. The van der Waals surface area contributed by atoms with E-state index in [0.717, 1.165) is 0 Å². The first-order valence-electron chi connectivity index (χ1n) is 2.92. The first kappa shape index (κ1) is 6.30. The number of nitrogens with zero attached hydrogens (tertiary/aromatic N) is 1. The predicted octanol–water partition coefficient (Wildman–Crippen LogP) is 0.633. The molecule has 0 radical (unpaired) electrons. The lowest BCUT2D eigenvalue weighted by Gasteiger charge is -2.20. The number of hydrogen-bond donors (Lipinski definition) is 0. The predicted molar refractivity (Wildman–Crippen MR) is 41.9 cm³/mol. The van der Waals surface area contributed by atoms with E-state index in [0.29, 0.717) is 10.5 Å². The highest BCUT2D eigenvalue weighted by Gasteiger charge is 2.00. The van der Waals surface area contributed by atoms with Gasteiger partial charge < -0.3 is 4.90 Å². The van der Waals surface area contributed by atoms with Crippen molar-refractivity contribution in [2.24, 2.45) is 0 Å². The normalized spacial score (nSPS) is 32.0. The molecule has 0 aromatic carbocycles. The van der Waals surface area contributed by atoms with Crippen LogP contribution < -0.4 is 0 Å². The van der Waals surface area contributed by atoms with Crippen LogP contribution >= 0.6 is 10.5 Å². The molecule has 1 nitrogen and oxygen atoms in total. The van der Waals surface area contributed by atoms with Gasteiger partial charge in [0, 0.05) is 18.8 Å². The van der Waals surface area contributed by atoms with Crippen molar-refractivity contribution in [2.45, 2.75) is 0 Å². The van der Waals surface area contributed by atoms with Gasteiger partial charge >= 0.3 is 0 Å². The molecule has 0 amide bonds. The van der Waals surface area contributed by atoms with Crippen molar-refractivity contribution >= 4 is 15.9 Å². The Hall–Kier alpha value is 0.180. The molecule has 0 aromatic heterocycles. The van der Waals surface area contributed by atoms with Gasteiger partial charge in [-0.05, 0) is 18.7 Å². The Morgan fingerprint density at radius 1 is 1.62 bits per heavy atom. The van der Waals surface area contributed by atoms with Crippen molar-refractivity contribution in [1.82, 2.24) is 4.90 Å². The van der Waals surface area contributed by atoms with Crippen LogP contribution in [0.2, 0.25) is 0 Å². The quantitative estimate of drug-likeness (QED) is 0.436. The van der Waals surface area contributed by atoms with Gasteiger partial charge in [-0.25, -0.2) is 0 Å². The summed E-state index contributed by atoms with van der Waals surface area (Å²) in [5.41, 5.74) is 0. The van der Waals surface area contributed by atoms with Crippen molar-refractivity contribution in [1.29, 1.82) is 0 Å². The van der Waals surface area contributed by atoms with Crippen molar-refractivity contribution in [3.8, 4) is 0 Å².